The molecule has 1 fully saturated rings. The molecule has 2 aromatic heterocycles. The van der Waals surface area contributed by atoms with Crippen molar-refractivity contribution in [2.24, 2.45) is 0 Å². The Morgan fingerprint density at radius 3 is 3.15 bits per heavy atom. The van der Waals surface area contributed by atoms with E-state index in [1.54, 1.807) is 7.11 Å². The summed E-state index contributed by atoms with van der Waals surface area (Å²) in [6.45, 7) is 4.01. The lowest BCUT2D eigenvalue weighted by atomic mass is 10.4. The molecule has 0 radical (unpaired) electrons. The van der Waals surface area contributed by atoms with Crippen molar-refractivity contribution in [2.75, 3.05) is 33.5 Å². The van der Waals surface area contributed by atoms with Crippen molar-refractivity contribution in [3.05, 3.63) is 30.1 Å². The van der Waals surface area contributed by atoms with Crippen LogP contribution in [0.5, 0.6) is 0 Å². The molecule has 0 bridgehead atoms. The average Bonchev–Trinajstić information content (AvgIpc) is 2.77. The maximum atomic E-state index is 5.25. The highest BCUT2D eigenvalue weighted by molar-refractivity contribution is 8.00. The van der Waals surface area contributed by atoms with Crippen LogP contribution in [0.25, 0.3) is 5.65 Å². The van der Waals surface area contributed by atoms with Gasteiger partial charge in [-0.25, -0.2) is 4.98 Å². The summed E-state index contributed by atoms with van der Waals surface area (Å²) in [5.74, 6) is 0. The number of methoxy groups -OCH3 is 1. The fraction of sp³-hybridized carbons (Fsp3) is 0.500. The topological polar surface area (TPSA) is 47.8 Å². The second-order valence-corrected chi connectivity index (χ2v) is 6.03. The van der Waals surface area contributed by atoms with Gasteiger partial charge in [0.25, 0.3) is 0 Å². The second kappa shape index (κ2) is 6.58. The Kier molecular flexibility index (Phi) is 4.57. The molecule has 108 valence electrons. The van der Waals surface area contributed by atoms with E-state index in [1.165, 1.54) is 5.69 Å². The molecule has 0 aromatic carbocycles. The SMILES string of the molecule is COCCNCc1c(SC2COC2)nc2ccccn12. The van der Waals surface area contributed by atoms with Crippen molar-refractivity contribution in [3.8, 4) is 0 Å². The van der Waals surface area contributed by atoms with Crippen molar-refractivity contribution in [2.45, 2.75) is 16.8 Å². The molecule has 0 atom stereocenters. The molecule has 6 heteroatoms. The van der Waals surface area contributed by atoms with Crippen LogP contribution in [0.2, 0.25) is 0 Å². The molecular formula is C14H19N3O2S. The van der Waals surface area contributed by atoms with E-state index >= 15 is 0 Å². The number of ether oxygens (including phenoxy) is 2. The van der Waals surface area contributed by atoms with Crippen molar-refractivity contribution in [1.29, 1.82) is 0 Å². The van der Waals surface area contributed by atoms with Crippen LogP contribution in [0.15, 0.2) is 29.4 Å². The number of nitrogens with zero attached hydrogens (tertiary/aromatic N) is 2. The summed E-state index contributed by atoms with van der Waals surface area (Å²) in [5.41, 5.74) is 2.22. The van der Waals surface area contributed by atoms with Crippen LogP contribution >= 0.6 is 11.8 Å². The third kappa shape index (κ3) is 2.98. The molecule has 1 saturated heterocycles. The monoisotopic (exact) mass is 293 g/mol. The number of nitrogens with one attached hydrogen (secondary N) is 1. The number of imidazole rings is 1. The highest BCUT2D eigenvalue weighted by Gasteiger charge is 2.23. The van der Waals surface area contributed by atoms with Gasteiger partial charge in [0.2, 0.25) is 0 Å². The molecule has 3 rings (SSSR count). The van der Waals surface area contributed by atoms with Gasteiger partial charge in [0.1, 0.15) is 10.7 Å². The van der Waals surface area contributed by atoms with E-state index in [2.05, 4.69) is 15.9 Å². The first-order valence-corrected chi connectivity index (χ1v) is 7.66. The van der Waals surface area contributed by atoms with E-state index < -0.39 is 0 Å². The molecule has 2 aromatic rings. The minimum atomic E-state index is 0.539. The van der Waals surface area contributed by atoms with Crippen LogP contribution < -0.4 is 5.32 Å². The van der Waals surface area contributed by atoms with E-state index in [-0.39, 0.29) is 0 Å². The Labute approximate surface area is 122 Å². The summed E-state index contributed by atoms with van der Waals surface area (Å²) in [7, 11) is 1.72. The van der Waals surface area contributed by atoms with Crippen LogP contribution in [-0.2, 0) is 16.0 Å². The summed E-state index contributed by atoms with van der Waals surface area (Å²) in [6.07, 6.45) is 2.07. The first kappa shape index (κ1) is 13.9. The number of hydrogen-bond acceptors (Lipinski definition) is 5. The summed E-state index contributed by atoms with van der Waals surface area (Å²) in [4.78, 5) is 4.73. The van der Waals surface area contributed by atoms with Crippen molar-refractivity contribution >= 4 is 17.4 Å². The molecule has 0 amide bonds. The highest BCUT2D eigenvalue weighted by atomic mass is 32.2. The Hall–Kier alpha value is -1.08. The van der Waals surface area contributed by atoms with Gasteiger partial charge in [-0.1, -0.05) is 17.8 Å². The first-order valence-electron chi connectivity index (χ1n) is 6.78. The number of pyridine rings is 1. The molecule has 0 spiro atoms. The number of fused-ring (bicyclic) bond motifs is 1. The van der Waals surface area contributed by atoms with Crippen LogP contribution in [0, 0.1) is 0 Å². The third-order valence-corrected chi connectivity index (χ3v) is 4.41. The minimum Gasteiger partial charge on any atom is -0.383 e. The van der Waals surface area contributed by atoms with Gasteiger partial charge >= 0.3 is 0 Å². The zero-order valence-corrected chi connectivity index (χ0v) is 12.4. The molecule has 20 heavy (non-hydrogen) atoms. The number of aromatic nitrogens is 2. The van der Waals surface area contributed by atoms with Crippen LogP contribution in [-0.4, -0.2) is 48.1 Å². The Balaban J connectivity index is 1.79. The van der Waals surface area contributed by atoms with Gasteiger partial charge in [-0.2, -0.15) is 0 Å². The third-order valence-electron chi connectivity index (χ3n) is 3.25. The van der Waals surface area contributed by atoms with Crippen molar-refractivity contribution < 1.29 is 9.47 Å². The van der Waals surface area contributed by atoms with Crippen LogP contribution in [0.1, 0.15) is 5.69 Å². The molecule has 1 N–H and O–H groups in total. The van der Waals surface area contributed by atoms with E-state index in [1.807, 2.05) is 30.0 Å². The van der Waals surface area contributed by atoms with Gasteiger partial charge in [-0.3, -0.25) is 0 Å². The highest BCUT2D eigenvalue weighted by Crippen LogP contribution is 2.30. The predicted molar refractivity (Wildman–Crippen MR) is 79.2 cm³/mol. The maximum Gasteiger partial charge on any atom is 0.138 e. The second-order valence-electron chi connectivity index (χ2n) is 4.74. The molecule has 3 heterocycles. The normalized spacial score (nSPS) is 15.7. The molecular weight excluding hydrogens is 274 g/mol. The number of thioether (sulfide) groups is 1. The van der Waals surface area contributed by atoms with Gasteiger partial charge in [0.05, 0.1) is 30.8 Å². The fourth-order valence-corrected chi connectivity index (χ4v) is 3.20. The largest absolute Gasteiger partial charge is 0.383 e. The quantitative estimate of drug-likeness (QED) is 0.785. The maximum absolute atomic E-state index is 5.25. The molecule has 1 aliphatic rings. The van der Waals surface area contributed by atoms with E-state index in [9.17, 15) is 0 Å². The van der Waals surface area contributed by atoms with Crippen molar-refractivity contribution in [3.63, 3.8) is 0 Å². The van der Waals surface area contributed by atoms with E-state index in [4.69, 9.17) is 14.5 Å². The summed E-state index contributed by atoms with van der Waals surface area (Å²) in [5, 5.41) is 5.05. The van der Waals surface area contributed by atoms with E-state index in [0.29, 0.717) is 5.25 Å². The smallest absolute Gasteiger partial charge is 0.138 e. The summed E-state index contributed by atoms with van der Waals surface area (Å²) in [6, 6.07) is 6.10. The molecule has 1 aliphatic heterocycles. The molecule has 0 saturated carbocycles. The molecule has 0 aliphatic carbocycles. The average molecular weight is 293 g/mol. The summed E-state index contributed by atoms with van der Waals surface area (Å²) < 4.78 is 12.5. The standard InChI is InChI=1S/C14H19N3O2S/c1-18-7-5-15-8-12-14(20-11-9-19-10-11)16-13-4-2-3-6-17(12)13/h2-4,6,11,15H,5,7-10H2,1H3. The van der Waals surface area contributed by atoms with Gasteiger partial charge in [-0.05, 0) is 12.1 Å². The van der Waals surface area contributed by atoms with Gasteiger partial charge < -0.3 is 19.2 Å². The summed E-state index contributed by atoms with van der Waals surface area (Å²) >= 11 is 1.82. The van der Waals surface area contributed by atoms with Crippen LogP contribution in [0.3, 0.4) is 0 Å². The fourth-order valence-electron chi connectivity index (χ4n) is 2.10. The van der Waals surface area contributed by atoms with Crippen molar-refractivity contribution in [1.82, 2.24) is 14.7 Å². The minimum absolute atomic E-state index is 0.539. The Morgan fingerprint density at radius 1 is 1.50 bits per heavy atom. The van der Waals surface area contributed by atoms with Gasteiger partial charge in [-0.15, -0.1) is 0 Å². The first-order chi connectivity index (χ1) is 9.88. The van der Waals surface area contributed by atoms with E-state index in [0.717, 1.165) is 43.6 Å². The zero-order valence-electron chi connectivity index (χ0n) is 11.5. The molecule has 0 unspecified atom stereocenters. The molecule has 5 nitrogen and oxygen atoms in total. The lowest BCUT2D eigenvalue weighted by Crippen LogP contribution is -2.30. The predicted octanol–water partition coefficient (Wildman–Crippen LogP) is 1.56. The lowest BCUT2D eigenvalue weighted by molar-refractivity contribution is 0.0454. The van der Waals surface area contributed by atoms with Gasteiger partial charge in [0, 0.05) is 26.4 Å². The van der Waals surface area contributed by atoms with Gasteiger partial charge in [0.15, 0.2) is 0 Å². The lowest BCUT2D eigenvalue weighted by Gasteiger charge is -2.24. The Bertz CT molecular complexity index is 569. The Morgan fingerprint density at radius 2 is 2.40 bits per heavy atom. The van der Waals surface area contributed by atoms with Crippen LogP contribution in [0.4, 0.5) is 0 Å². The number of rotatable bonds is 7. The zero-order chi connectivity index (χ0) is 13.8. The number of hydrogen-bond donors (Lipinski definition) is 1.